The monoisotopic (exact) mass is 375 g/mol. The van der Waals surface area contributed by atoms with E-state index in [0.29, 0.717) is 23.7 Å². The second-order valence-electron chi connectivity index (χ2n) is 4.89. The van der Waals surface area contributed by atoms with E-state index in [4.69, 9.17) is 9.57 Å². The van der Waals surface area contributed by atoms with Crippen LogP contribution in [0.1, 0.15) is 12.0 Å². The van der Waals surface area contributed by atoms with E-state index in [-0.39, 0.29) is 5.91 Å². The van der Waals surface area contributed by atoms with Crippen LogP contribution in [-0.4, -0.2) is 29.8 Å². The number of methoxy groups -OCH3 is 1. The maximum Gasteiger partial charge on any atom is 0.269 e. The van der Waals surface area contributed by atoms with E-state index in [1.807, 2.05) is 24.3 Å². The van der Waals surface area contributed by atoms with Crippen LogP contribution in [0.15, 0.2) is 52.2 Å². The Morgan fingerprint density at radius 3 is 2.91 bits per heavy atom. The number of benzene rings is 1. The summed E-state index contributed by atoms with van der Waals surface area (Å²) in [5.74, 6) is 0.881. The smallest absolute Gasteiger partial charge is 0.269 e. The molecule has 2 aromatic rings. The molecule has 0 aliphatic carbocycles. The Kier molecular flexibility index (Phi) is 4.57. The molecule has 0 fully saturated rings. The standard InChI is InChI=1S/C16H14BrN3O3/c1-22-13-5-3-2-4-11(13)12-8-14(23-20-12)16(21)19-15-7-6-10(17)9-18-15/h2-7,9,14H,8H2,1H3,(H,18,19,21)/t14-/m0/s1. The van der Waals surface area contributed by atoms with Gasteiger partial charge < -0.3 is 14.9 Å². The zero-order chi connectivity index (χ0) is 16.2. The van der Waals surface area contributed by atoms with Gasteiger partial charge in [-0.25, -0.2) is 4.98 Å². The number of oxime groups is 1. The lowest BCUT2D eigenvalue weighted by molar-refractivity contribution is -0.125. The number of halogens is 1. The molecular weight excluding hydrogens is 362 g/mol. The Labute approximate surface area is 141 Å². The van der Waals surface area contributed by atoms with E-state index < -0.39 is 6.10 Å². The largest absolute Gasteiger partial charge is 0.496 e. The van der Waals surface area contributed by atoms with E-state index in [0.717, 1.165) is 10.0 Å². The Morgan fingerprint density at radius 1 is 1.35 bits per heavy atom. The van der Waals surface area contributed by atoms with Crippen molar-refractivity contribution >= 4 is 33.4 Å². The van der Waals surface area contributed by atoms with Crippen molar-refractivity contribution in [2.75, 3.05) is 12.4 Å². The molecule has 3 rings (SSSR count). The Hall–Kier alpha value is -2.41. The second-order valence-corrected chi connectivity index (χ2v) is 5.80. The fourth-order valence-corrected chi connectivity index (χ4v) is 2.45. The predicted molar refractivity (Wildman–Crippen MR) is 89.6 cm³/mol. The number of nitrogens with zero attached hydrogens (tertiary/aromatic N) is 2. The maximum absolute atomic E-state index is 12.2. The van der Waals surface area contributed by atoms with E-state index in [1.54, 1.807) is 25.4 Å². The highest BCUT2D eigenvalue weighted by atomic mass is 79.9. The molecule has 7 heteroatoms. The van der Waals surface area contributed by atoms with Gasteiger partial charge in [0.25, 0.3) is 5.91 Å². The lowest BCUT2D eigenvalue weighted by atomic mass is 10.0. The zero-order valence-electron chi connectivity index (χ0n) is 12.3. The molecule has 0 bridgehead atoms. The number of carbonyl (C=O) groups is 1. The quantitative estimate of drug-likeness (QED) is 0.891. The van der Waals surface area contributed by atoms with Gasteiger partial charge in [0.15, 0.2) is 0 Å². The van der Waals surface area contributed by atoms with Gasteiger partial charge in [-0.1, -0.05) is 17.3 Å². The number of rotatable bonds is 4. The summed E-state index contributed by atoms with van der Waals surface area (Å²) in [4.78, 5) is 21.6. The first-order chi connectivity index (χ1) is 11.2. The Balaban J connectivity index is 1.66. The minimum atomic E-state index is -0.680. The highest BCUT2D eigenvalue weighted by molar-refractivity contribution is 9.10. The molecule has 23 heavy (non-hydrogen) atoms. The lowest BCUT2D eigenvalue weighted by Gasteiger charge is -2.09. The summed E-state index contributed by atoms with van der Waals surface area (Å²) in [5, 5.41) is 6.73. The lowest BCUT2D eigenvalue weighted by Crippen LogP contribution is -2.28. The summed E-state index contributed by atoms with van der Waals surface area (Å²) in [6.45, 7) is 0. The number of para-hydroxylation sites is 1. The molecule has 1 amide bonds. The molecule has 1 aliphatic heterocycles. The molecule has 0 saturated carbocycles. The van der Waals surface area contributed by atoms with Gasteiger partial charge in [0, 0.05) is 22.7 Å². The van der Waals surface area contributed by atoms with E-state index in [9.17, 15) is 4.79 Å². The van der Waals surface area contributed by atoms with Crippen molar-refractivity contribution in [3.05, 3.63) is 52.6 Å². The van der Waals surface area contributed by atoms with Crippen LogP contribution >= 0.6 is 15.9 Å². The topological polar surface area (TPSA) is 72.8 Å². The van der Waals surface area contributed by atoms with Crippen molar-refractivity contribution in [3.8, 4) is 5.75 Å². The summed E-state index contributed by atoms with van der Waals surface area (Å²) < 4.78 is 6.15. The molecule has 1 aromatic carbocycles. The molecule has 1 aromatic heterocycles. The maximum atomic E-state index is 12.2. The Morgan fingerprint density at radius 2 is 2.17 bits per heavy atom. The molecule has 1 aliphatic rings. The first-order valence-electron chi connectivity index (χ1n) is 6.96. The molecule has 6 nitrogen and oxygen atoms in total. The molecule has 0 unspecified atom stereocenters. The van der Waals surface area contributed by atoms with Crippen LogP contribution in [0, 0.1) is 0 Å². The SMILES string of the molecule is COc1ccccc1C1=NO[C@H](C(=O)Nc2ccc(Br)cn2)C1. The average molecular weight is 376 g/mol. The number of hydrogen-bond donors (Lipinski definition) is 1. The summed E-state index contributed by atoms with van der Waals surface area (Å²) in [5.41, 5.74) is 1.51. The predicted octanol–water partition coefficient (Wildman–Crippen LogP) is 2.98. The van der Waals surface area contributed by atoms with Crippen molar-refractivity contribution < 1.29 is 14.4 Å². The van der Waals surface area contributed by atoms with Gasteiger partial charge in [-0.05, 0) is 40.2 Å². The minimum absolute atomic E-state index is 0.284. The molecule has 118 valence electrons. The number of ether oxygens (including phenoxy) is 1. The number of anilines is 1. The van der Waals surface area contributed by atoms with Gasteiger partial charge in [0.1, 0.15) is 11.6 Å². The van der Waals surface area contributed by atoms with Crippen molar-refractivity contribution in [2.24, 2.45) is 5.16 Å². The summed E-state index contributed by atoms with van der Waals surface area (Å²) >= 11 is 3.30. The molecule has 1 atom stereocenters. The van der Waals surface area contributed by atoms with Crippen LogP contribution in [0.4, 0.5) is 5.82 Å². The normalized spacial score (nSPS) is 16.4. The average Bonchev–Trinajstić information content (AvgIpc) is 3.07. The summed E-state index contributed by atoms with van der Waals surface area (Å²) in [6, 6.07) is 11.0. The highest BCUT2D eigenvalue weighted by Gasteiger charge is 2.30. The third-order valence-electron chi connectivity index (χ3n) is 3.36. The number of pyridine rings is 1. The number of nitrogens with one attached hydrogen (secondary N) is 1. The fourth-order valence-electron chi connectivity index (χ4n) is 2.22. The van der Waals surface area contributed by atoms with Crippen LogP contribution in [-0.2, 0) is 9.63 Å². The summed E-state index contributed by atoms with van der Waals surface area (Å²) in [6.07, 6.45) is 1.31. The molecule has 1 N–H and O–H groups in total. The van der Waals surface area contributed by atoms with Crippen LogP contribution in [0.2, 0.25) is 0 Å². The van der Waals surface area contributed by atoms with Gasteiger partial charge in [-0.2, -0.15) is 0 Å². The van der Waals surface area contributed by atoms with Crippen molar-refractivity contribution in [2.45, 2.75) is 12.5 Å². The Bertz CT molecular complexity index is 746. The van der Waals surface area contributed by atoms with E-state index in [1.165, 1.54) is 0 Å². The number of amides is 1. The van der Waals surface area contributed by atoms with Gasteiger partial charge in [-0.15, -0.1) is 0 Å². The fraction of sp³-hybridized carbons (Fsp3) is 0.188. The van der Waals surface area contributed by atoms with Crippen molar-refractivity contribution in [1.29, 1.82) is 0 Å². The first-order valence-corrected chi connectivity index (χ1v) is 7.75. The van der Waals surface area contributed by atoms with E-state index >= 15 is 0 Å². The van der Waals surface area contributed by atoms with Gasteiger partial charge in [0.2, 0.25) is 6.10 Å². The van der Waals surface area contributed by atoms with Crippen LogP contribution in [0.5, 0.6) is 5.75 Å². The first kappa shape index (κ1) is 15.5. The van der Waals surface area contributed by atoms with Crippen molar-refractivity contribution in [1.82, 2.24) is 4.98 Å². The van der Waals surface area contributed by atoms with Crippen LogP contribution < -0.4 is 10.1 Å². The van der Waals surface area contributed by atoms with Gasteiger partial charge in [0.05, 0.1) is 12.8 Å². The van der Waals surface area contributed by atoms with Gasteiger partial charge in [-0.3, -0.25) is 4.79 Å². The minimum Gasteiger partial charge on any atom is -0.496 e. The molecule has 0 spiro atoms. The number of aromatic nitrogens is 1. The van der Waals surface area contributed by atoms with Crippen LogP contribution in [0.25, 0.3) is 0 Å². The molecule has 0 saturated heterocycles. The molecular formula is C16H14BrN3O3. The number of carbonyl (C=O) groups excluding carboxylic acids is 1. The zero-order valence-corrected chi connectivity index (χ0v) is 13.9. The summed E-state index contributed by atoms with van der Waals surface area (Å²) in [7, 11) is 1.60. The van der Waals surface area contributed by atoms with Gasteiger partial charge >= 0.3 is 0 Å². The number of hydrogen-bond acceptors (Lipinski definition) is 5. The molecule has 2 heterocycles. The molecule has 0 radical (unpaired) electrons. The van der Waals surface area contributed by atoms with Crippen molar-refractivity contribution in [3.63, 3.8) is 0 Å². The van der Waals surface area contributed by atoms with Crippen LogP contribution in [0.3, 0.4) is 0 Å². The second kappa shape index (κ2) is 6.78. The van der Waals surface area contributed by atoms with E-state index in [2.05, 4.69) is 31.4 Å². The highest BCUT2D eigenvalue weighted by Crippen LogP contribution is 2.25. The third-order valence-corrected chi connectivity index (χ3v) is 3.83. The third kappa shape index (κ3) is 3.50.